The van der Waals surface area contributed by atoms with Gasteiger partial charge in [0.15, 0.2) is 0 Å². The predicted molar refractivity (Wildman–Crippen MR) is 121 cm³/mol. The molecule has 0 aromatic heterocycles. The van der Waals surface area contributed by atoms with E-state index in [1.807, 2.05) is 41.5 Å². The molecule has 1 amide bonds. The van der Waals surface area contributed by atoms with Crippen LogP contribution in [0, 0.1) is 16.7 Å². The van der Waals surface area contributed by atoms with Gasteiger partial charge in [-0.1, -0.05) is 41.0 Å². The zero-order valence-electron chi connectivity index (χ0n) is 18.8. The van der Waals surface area contributed by atoms with E-state index in [0.717, 1.165) is 12.0 Å². The van der Waals surface area contributed by atoms with Gasteiger partial charge in [-0.05, 0) is 48.9 Å². The highest BCUT2D eigenvalue weighted by Gasteiger charge is 2.33. The first-order chi connectivity index (χ1) is 14.1. The number of hydrogen-bond donors (Lipinski definition) is 1. The molecule has 0 bridgehead atoms. The number of amides is 1. The second-order valence-corrected chi connectivity index (χ2v) is 8.76. The summed E-state index contributed by atoms with van der Waals surface area (Å²) in [6.45, 7) is 12.0. The van der Waals surface area contributed by atoms with Crippen LogP contribution >= 0.6 is 0 Å². The monoisotopic (exact) mass is 409 g/mol. The van der Waals surface area contributed by atoms with Crippen molar-refractivity contribution in [1.82, 2.24) is 0 Å². The van der Waals surface area contributed by atoms with Crippen LogP contribution in [0.2, 0.25) is 0 Å². The van der Waals surface area contributed by atoms with Crippen LogP contribution in [0.15, 0.2) is 27.8 Å². The first-order valence-corrected chi connectivity index (χ1v) is 10.5. The Hall–Kier alpha value is -2.94. The van der Waals surface area contributed by atoms with E-state index in [4.69, 9.17) is 0 Å². The van der Waals surface area contributed by atoms with Crippen molar-refractivity contribution in [2.75, 3.05) is 10.2 Å². The van der Waals surface area contributed by atoms with Crippen LogP contribution in [-0.4, -0.2) is 11.9 Å². The Labute approximate surface area is 178 Å². The maximum absolute atomic E-state index is 13.2. The molecule has 6 heteroatoms. The fourth-order valence-corrected chi connectivity index (χ4v) is 3.14. The third kappa shape index (κ3) is 4.62. The van der Waals surface area contributed by atoms with Gasteiger partial charge in [-0.2, -0.15) is 5.26 Å². The molecule has 0 heterocycles. The minimum Gasteiger partial charge on any atom is -0.377 e. The summed E-state index contributed by atoms with van der Waals surface area (Å²) in [6.07, 6.45) is 2.38. The number of aryl methyl sites for hydroxylation is 1. The number of nitriles is 1. The summed E-state index contributed by atoms with van der Waals surface area (Å²) in [7, 11) is 0. The van der Waals surface area contributed by atoms with Gasteiger partial charge in [0.05, 0.1) is 17.3 Å². The molecule has 160 valence electrons. The van der Waals surface area contributed by atoms with Crippen LogP contribution in [0.25, 0.3) is 0 Å². The van der Waals surface area contributed by atoms with Crippen molar-refractivity contribution in [2.24, 2.45) is 5.41 Å². The van der Waals surface area contributed by atoms with Gasteiger partial charge in [0.1, 0.15) is 11.4 Å². The highest BCUT2D eigenvalue weighted by molar-refractivity contribution is 6.05. The molecule has 2 aromatic rings. The van der Waals surface area contributed by atoms with Gasteiger partial charge in [0.25, 0.3) is 10.9 Å². The number of nitrogens with one attached hydrogen (secondary N) is 1. The number of benzene rings is 1. The molecule has 1 unspecified atom stereocenters. The highest BCUT2D eigenvalue weighted by Crippen LogP contribution is 2.34. The quantitative estimate of drug-likeness (QED) is 0.652. The van der Waals surface area contributed by atoms with E-state index in [1.165, 1.54) is 4.90 Å². The Morgan fingerprint density at radius 1 is 1.20 bits per heavy atom. The number of nitrogens with zero attached hydrogens (tertiary/aromatic N) is 2. The highest BCUT2D eigenvalue weighted by atomic mass is 16.2. The Bertz CT molecular complexity index is 1030. The van der Waals surface area contributed by atoms with Crippen molar-refractivity contribution < 1.29 is 4.79 Å². The summed E-state index contributed by atoms with van der Waals surface area (Å²) in [5, 5.41) is 12.4. The van der Waals surface area contributed by atoms with Gasteiger partial charge in [-0.15, -0.1) is 0 Å². The van der Waals surface area contributed by atoms with E-state index >= 15 is 0 Å². The summed E-state index contributed by atoms with van der Waals surface area (Å²) in [5.74, 6) is -0.227. The molecule has 1 N–H and O–H groups in total. The summed E-state index contributed by atoms with van der Waals surface area (Å²) >= 11 is 0. The van der Waals surface area contributed by atoms with Gasteiger partial charge >= 0.3 is 0 Å². The van der Waals surface area contributed by atoms with Crippen LogP contribution in [-0.2, 0) is 11.2 Å². The van der Waals surface area contributed by atoms with Crippen molar-refractivity contribution in [3.05, 3.63) is 49.8 Å². The zero-order chi connectivity index (χ0) is 22.6. The van der Waals surface area contributed by atoms with Gasteiger partial charge in [-0.3, -0.25) is 19.3 Å². The van der Waals surface area contributed by atoms with Gasteiger partial charge in [0.2, 0.25) is 5.91 Å². The van der Waals surface area contributed by atoms with E-state index in [0.29, 0.717) is 24.1 Å². The molecule has 0 saturated heterocycles. The average Bonchev–Trinajstić information content (AvgIpc) is 2.72. The Morgan fingerprint density at radius 3 is 2.40 bits per heavy atom. The number of anilines is 3. The molecule has 1 atom stereocenters. The van der Waals surface area contributed by atoms with Crippen LogP contribution in [0.3, 0.4) is 0 Å². The van der Waals surface area contributed by atoms with E-state index < -0.39 is 10.9 Å². The lowest BCUT2D eigenvalue weighted by Crippen LogP contribution is -2.46. The normalized spacial score (nSPS) is 12.4. The maximum Gasteiger partial charge on any atom is 0.254 e. The smallest absolute Gasteiger partial charge is 0.254 e. The van der Waals surface area contributed by atoms with Crippen LogP contribution < -0.4 is 21.1 Å². The van der Waals surface area contributed by atoms with Crippen molar-refractivity contribution >= 4 is 23.0 Å². The largest absolute Gasteiger partial charge is 0.377 e. The lowest BCUT2D eigenvalue weighted by Gasteiger charge is -2.33. The molecule has 0 fully saturated rings. The predicted octanol–water partition coefficient (Wildman–Crippen LogP) is 4.42. The molecular formula is C24H31N3O3. The summed E-state index contributed by atoms with van der Waals surface area (Å²) in [5.41, 5.74) is 0.724. The summed E-state index contributed by atoms with van der Waals surface area (Å²) in [4.78, 5) is 39.6. The molecule has 0 aliphatic rings. The Kier molecular flexibility index (Phi) is 7.20. The second-order valence-electron chi connectivity index (χ2n) is 8.76. The van der Waals surface area contributed by atoms with Crippen molar-refractivity contribution in [1.29, 1.82) is 5.26 Å². The lowest BCUT2D eigenvalue weighted by molar-refractivity contribution is -0.118. The van der Waals surface area contributed by atoms with Gasteiger partial charge in [0, 0.05) is 12.5 Å². The topological polar surface area (TPSA) is 90.3 Å². The fourth-order valence-electron chi connectivity index (χ4n) is 3.14. The van der Waals surface area contributed by atoms with Gasteiger partial charge in [-0.25, -0.2) is 0 Å². The van der Waals surface area contributed by atoms with Crippen molar-refractivity contribution in [2.45, 2.75) is 73.3 Å². The first-order valence-electron chi connectivity index (χ1n) is 10.5. The van der Waals surface area contributed by atoms with E-state index in [9.17, 15) is 19.6 Å². The third-order valence-electron chi connectivity index (χ3n) is 5.59. The summed E-state index contributed by atoms with van der Waals surface area (Å²) in [6, 6.07) is 7.07. The Balaban J connectivity index is 2.63. The van der Waals surface area contributed by atoms with Crippen molar-refractivity contribution in [3.63, 3.8) is 0 Å². The molecule has 6 nitrogen and oxygen atoms in total. The van der Waals surface area contributed by atoms with E-state index in [1.54, 1.807) is 18.2 Å². The Morgan fingerprint density at radius 2 is 1.87 bits per heavy atom. The number of carbonyl (C=O) groups excluding carboxylic acids is 1. The van der Waals surface area contributed by atoms with Crippen LogP contribution in [0.5, 0.6) is 0 Å². The molecule has 2 rings (SSSR count). The molecule has 0 spiro atoms. The molecule has 2 aromatic carbocycles. The van der Waals surface area contributed by atoms with Crippen LogP contribution in [0.1, 0.15) is 71.9 Å². The molecule has 30 heavy (non-hydrogen) atoms. The SMILES string of the molecule is CCCCC(=O)N(c1ccc(C#N)cc1CC)c1c(NC(C)C(C)(C)C)c(=O)c1=O. The number of rotatable bonds is 8. The van der Waals surface area contributed by atoms with Crippen LogP contribution in [0.4, 0.5) is 17.1 Å². The third-order valence-corrected chi connectivity index (χ3v) is 5.59. The van der Waals surface area contributed by atoms with Crippen molar-refractivity contribution in [3.8, 4) is 6.07 Å². The molecular weight excluding hydrogens is 378 g/mol. The second kappa shape index (κ2) is 9.25. The average molecular weight is 410 g/mol. The fraction of sp³-hybridized carbons (Fsp3) is 0.500. The molecule has 0 aliphatic heterocycles. The standard InChI is InChI=1S/C24H31N3O3/c1-7-9-10-19(28)27(18-12-11-16(14-25)13-17(18)8-2)21-20(22(29)23(21)30)26-15(3)24(4,5)6/h11-13,15,26H,7-10H2,1-6H3. The maximum atomic E-state index is 13.2. The lowest BCUT2D eigenvalue weighted by atomic mass is 9.87. The minimum absolute atomic E-state index is 0.0845. The summed E-state index contributed by atoms with van der Waals surface area (Å²) < 4.78 is 0. The van der Waals surface area contributed by atoms with E-state index in [-0.39, 0.29) is 35.2 Å². The van der Waals surface area contributed by atoms with Gasteiger partial charge < -0.3 is 5.32 Å². The minimum atomic E-state index is -0.658. The molecule has 0 aliphatic carbocycles. The zero-order valence-corrected chi connectivity index (χ0v) is 18.8. The number of unbranched alkanes of at least 4 members (excludes halogenated alkanes) is 1. The first kappa shape index (κ1) is 23.3. The van der Waals surface area contributed by atoms with E-state index in [2.05, 4.69) is 11.4 Å². The number of carbonyl (C=O) groups is 1. The molecule has 0 saturated carbocycles. The molecule has 0 radical (unpaired) electrons. The number of hydrogen-bond acceptors (Lipinski definition) is 5.